The average Bonchev–Trinajstić information content (AvgIpc) is 2.34. The first-order chi connectivity index (χ1) is 8.46. The van der Waals surface area contributed by atoms with Crippen LogP contribution in [0, 0.1) is 0 Å². The highest BCUT2D eigenvalue weighted by Crippen LogP contribution is 2.11. The Morgan fingerprint density at radius 2 is 1.78 bits per heavy atom. The van der Waals surface area contributed by atoms with Gasteiger partial charge in [-0.25, -0.2) is 8.42 Å². The molecule has 106 valence electrons. The molecule has 0 aromatic heterocycles. The lowest BCUT2D eigenvalue weighted by atomic mass is 10.1. The van der Waals surface area contributed by atoms with Gasteiger partial charge in [-0.1, -0.05) is 13.8 Å². The Labute approximate surface area is 110 Å². The molecule has 1 amide bonds. The fourth-order valence-corrected chi connectivity index (χ4v) is 3.59. The Hall–Kier alpha value is -0.620. The van der Waals surface area contributed by atoms with Crippen LogP contribution in [0.2, 0.25) is 0 Å². The number of carbonyl (C=O) groups is 1. The molecule has 0 aliphatic carbocycles. The molecule has 1 saturated heterocycles. The predicted molar refractivity (Wildman–Crippen MR) is 72.2 cm³/mol. The summed E-state index contributed by atoms with van der Waals surface area (Å²) in [5.74, 6) is 0.467. The van der Waals surface area contributed by atoms with Gasteiger partial charge in [-0.15, -0.1) is 0 Å². The van der Waals surface area contributed by atoms with E-state index in [0.29, 0.717) is 12.8 Å². The van der Waals surface area contributed by atoms with Gasteiger partial charge in [0.15, 0.2) is 0 Å². The molecule has 0 unspecified atom stereocenters. The van der Waals surface area contributed by atoms with Gasteiger partial charge < -0.3 is 10.6 Å². The number of amides is 1. The second kappa shape index (κ2) is 7.09. The van der Waals surface area contributed by atoms with Crippen molar-refractivity contribution < 1.29 is 13.2 Å². The number of carbonyl (C=O) groups excluding carboxylic acids is 1. The van der Waals surface area contributed by atoms with Crippen molar-refractivity contribution in [3.05, 3.63) is 0 Å². The van der Waals surface area contributed by atoms with Crippen molar-refractivity contribution in [1.29, 1.82) is 0 Å². The third-order valence-electron chi connectivity index (χ3n) is 3.46. The predicted octanol–water partition coefficient (Wildman–Crippen LogP) is 0.458. The van der Waals surface area contributed by atoms with E-state index in [1.54, 1.807) is 0 Å². The zero-order chi connectivity index (χ0) is 13.6. The number of sulfone groups is 1. The van der Waals surface area contributed by atoms with Gasteiger partial charge in [-0.3, -0.25) is 4.79 Å². The van der Waals surface area contributed by atoms with Crippen LogP contribution in [0.1, 0.15) is 39.5 Å². The fraction of sp³-hybridized carbons (Fsp3) is 0.917. The Balaban J connectivity index is 2.23. The first kappa shape index (κ1) is 15.4. The maximum absolute atomic E-state index is 11.6. The lowest BCUT2D eigenvalue weighted by Crippen LogP contribution is -2.45. The third kappa shape index (κ3) is 5.35. The molecule has 0 bridgehead atoms. The van der Waals surface area contributed by atoms with E-state index in [1.165, 1.54) is 0 Å². The van der Waals surface area contributed by atoms with Crippen LogP contribution >= 0.6 is 0 Å². The van der Waals surface area contributed by atoms with Gasteiger partial charge in [0.25, 0.3) is 0 Å². The Kier molecular flexibility index (Phi) is 6.08. The monoisotopic (exact) mass is 276 g/mol. The molecule has 1 aliphatic rings. The minimum absolute atomic E-state index is 0.00266. The van der Waals surface area contributed by atoms with Gasteiger partial charge in [0.1, 0.15) is 9.84 Å². The maximum atomic E-state index is 11.6. The zero-order valence-electron chi connectivity index (χ0n) is 11.2. The van der Waals surface area contributed by atoms with Crippen LogP contribution in [0.4, 0.5) is 0 Å². The molecular formula is C12H24N2O3S. The lowest BCUT2D eigenvalue weighted by molar-refractivity contribution is -0.121. The second-order valence-electron chi connectivity index (χ2n) is 4.89. The Morgan fingerprint density at radius 1 is 1.22 bits per heavy atom. The van der Waals surface area contributed by atoms with E-state index in [0.717, 1.165) is 12.8 Å². The van der Waals surface area contributed by atoms with Crippen molar-refractivity contribution in [1.82, 2.24) is 10.6 Å². The van der Waals surface area contributed by atoms with Crippen molar-refractivity contribution in [2.24, 2.45) is 0 Å². The molecule has 0 atom stereocenters. The van der Waals surface area contributed by atoms with Crippen molar-refractivity contribution in [3.63, 3.8) is 0 Å². The summed E-state index contributed by atoms with van der Waals surface area (Å²) < 4.78 is 22.5. The largest absolute Gasteiger partial charge is 0.352 e. The molecule has 0 aromatic carbocycles. The van der Waals surface area contributed by atoms with E-state index in [9.17, 15) is 13.2 Å². The normalized spacial score (nSPS) is 19.9. The van der Waals surface area contributed by atoms with Crippen molar-refractivity contribution in [3.8, 4) is 0 Å². The number of nitrogens with one attached hydrogen (secondary N) is 2. The first-order valence-corrected chi connectivity index (χ1v) is 8.52. The Bertz CT molecular complexity index is 350. The summed E-state index contributed by atoms with van der Waals surface area (Å²) in [6.07, 6.45) is 3.09. The maximum Gasteiger partial charge on any atom is 0.234 e. The van der Waals surface area contributed by atoms with Crippen LogP contribution < -0.4 is 10.6 Å². The van der Waals surface area contributed by atoms with E-state index in [2.05, 4.69) is 10.6 Å². The summed E-state index contributed by atoms with van der Waals surface area (Å²) in [5.41, 5.74) is 0. The highest BCUT2D eigenvalue weighted by atomic mass is 32.2. The quantitative estimate of drug-likeness (QED) is 0.739. The number of hydrogen-bond acceptors (Lipinski definition) is 4. The SMILES string of the molecule is CCC(CC)NC(=O)CNC1CCS(=O)(=O)CC1. The van der Waals surface area contributed by atoms with Crippen LogP contribution in [0.25, 0.3) is 0 Å². The van der Waals surface area contributed by atoms with Crippen LogP contribution in [0.15, 0.2) is 0 Å². The minimum Gasteiger partial charge on any atom is -0.352 e. The van der Waals surface area contributed by atoms with Crippen molar-refractivity contribution in [2.45, 2.75) is 51.6 Å². The standard InChI is InChI=1S/C12H24N2O3S/c1-3-10(4-2)14-12(15)9-13-11-5-7-18(16,17)8-6-11/h10-11,13H,3-9H2,1-2H3,(H,14,15). The summed E-state index contributed by atoms with van der Waals surface area (Å²) >= 11 is 0. The molecule has 0 saturated carbocycles. The number of rotatable bonds is 6. The highest BCUT2D eigenvalue weighted by Gasteiger charge is 2.23. The molecule has 5 nitrogen and oxygen atoms in total. The molecule has 2 N–H and O–H groups in total. The second-order valence-corrected chi connectivity index (χ2v) is 7.19. The van der Waals surface area contributed by atoms with Gasteiger partial charge in [0.05, 0.1) is 18.1 Å². The molecule has 1 fully saturated rings. The van der Waals surface area contributed by atoms with Crippen LogP contribution in [0.3, 0.4) is 0 Å². The molecule has 1 aliphatic heterocycles. The lowest BCUT2D eigenvalue weighted by Gasteiger charge is -2.23. The van der Waals surface area contributed by atoms with Crippen molar-refractivity contribution in [2.75, 3.05) is 18.1 Å². The third-order valence-corrected chi connectivity index (χ3v) is 5.17. The molecular weight excluding hydrogens is 252 g/mol. The van der Waals surface area contributed by atoms with Crippen LogP contribution in [-0.4, -0.2) is 44.5 Å². The highest BCUT2D eigenvalue weighted by molar-refractivity contribution is 7.91. The first-order valence-electron chi connectivity index (χ1n) is 6.70. The summed E-state index contributed by atoms with van der Waals surface area (Å²) in [7, 11) is -2.82. The van der Waals surface area contributed by atoms with Crippen LogP contribution in [0.5, 0.6) is 0 Å². The van der Waals surface area contributed by atoms with Crippen molar-refractivity contribution >= 4 is 15.7 Å². The smallest absolute Gasteiger partial charge is 0.234 e. The summed E-state index contributed by atoms with van der Waals surface area (Å²) in [6.45, 7) is 4.38. The number of hydrogen-bond donors (Lipinski definition) is 2. The van der Waals surface area contributed by atoms with E-state index in [4.69, 9.17) is 0 Å². The molecule has 0 aromatic rings. The molecule has 1 heterocycles. The molecule has 6 heteroatoms. The zero-order valence-corrected chi connectivity index (χ0v) is 12.1. The minimum atomic E-state index is -2.82. The molecule has 1 rings (SSSR count). The van der Waals surface area contributed by atoms with E-state index in [1.807, 2.05) is 13.8 Å². The van der Waals surface area contributed by atoms with Gasteiger partial charge in [-0.2, -0.15) is 0 Å². The van der Waals surface area contributed by atoms with Crippen LogP contribution in [-0.2, 0) is 14.6 Å². The van der Waals surface area contributed by atoms with Gasteiger partial charge in [-0.05, 0) is 25.7 Å². The van der Waals surface area contributed by atoms with E-state index in [-0.39, 0.29) is 36.0 Å². The van der Waals surface area contributed by atoms with Gasteiger partial charge in [0.2, 0.25) is 5.91 Å². The van der Waals surface area contributed by atoms with Gasteiger partial charge >= 0.3 is 0 Å². The van der Waals surface area contributed by atoms with E-state index < -0.39 is 9.84 Å². The summed E-state index contributed by atoms with van der Waals surface area (Å²) in [5, 5.41) is 6.09. The van der Waals surface area contributed by atoms with E-state index >= 15 is 0 Å². The summed E-state index contributed by atoms with van der Waals surface area (Å²) in [6, 6.07) is 0.395. The molecule has 0 radical (unpaired) electrons. The fourth-order valence-electron chi connectivity index (χ4n) is 2.10. The topological polar surface area (TPSA) is 75.3 Å². The summed E-state index contributed by atoms with van der Waals surface area (Å²) in [4.78, 5) is 11.6. The van der Waals surface area contributed by atoms with Gasteiger partial charge in [0, 0.05) is 12.1 Å². The average molecular weight is 276 g/mol. The Morgan fingerprint density at radius 3 is 2.28 bits per heavy atom. The molecule has 18 heavy (non-hydrogen) atoms. The molecule has 0 spiro atoms.